The summed E-state index contributed by atoms with van der Waals surface area (Å²) < 4.78 is 2.25. The average molecular weight is 491 g/mol. The highest BCUT2D eigenvalue weighted by Gasteiger charge is 2.23. The summed E-state index contributed by atoms with van der Waals surface area (Å²) in [6, 6.07) is 44.6. The van der Waals surface area contributed by atoms with E-state index in [0.29, 0.717) is 5.56 Å². The molecule has 4 heteroatoms. The number of para-hydroxylation sites is 1. The molecule has 0 amide bonds. The van der Waals surface area contributed by atoms with Gasteiger partial charge in [0, 0.05) is 22.5 Å². The molecule has 0 saturated carbocycles. The van der Waals surface area contributed by atoms with E-state index in [2.05, 4.69) is 59.2 Å². The highest BCUT2D eigenvalue weighted by atomic mass is 16.6. The van der Waals surface area contributed by atoms with Crippen molar-refractivity contribution in [2.75, 3.05) is 0 Å². The molecule has 7 rings (SSSR count). The lowest BCUT2D eigenvalue weighted by atomic mass is 9.93. The first-order valence-corrected chi connectivity index (χ1v) is 12.6. The van der Waals surface area contributed by atoms with Crippen molar-refractivity contribution in [1.29, 1.82) is 0 Å². The van der Waals surface area contributed by atoms with Gasteiger partial charge in [0.05, 0.1) is 21.5 Å². The maximum Gasteiger partial charge on any atom is 0.277 e. The van der Waals surface area contributed by atoms with E-state index in [9.17, 15) is 10.1 Å². The zero-order valence-electron chi connectivity index (χ0n) is 20.4. The summed E-state index contributed by atoms with van der Waals surface area (Å²) in [4.78, 5) is 11.9. The van der Waals surface area contributed by atoms with Crippen molar-refractivity contribution in [1.82, 2.24) is 4.57 Å². The molecule has 0 N–H and O–H groups in total. The van der Waals surface area contributed by atoms with Crippen molar-refractivity contribution in [3.8, 4) is 27.9 Å². The van der Waals surface area contributed by atoms with Crippen LogP contribution in [-0.2, 0) is 0 Å². The van der Waals surface area contributed by atoms with Gasteiger partial charge >= 0.3 is 0 Å². The second-order valence-electron chi connectivity index (χ2n) is 9.40. The fourth-order valence-electron chi connectivity index (χ4n) is 5.63. The summed E-state index contributed by atoms with van der Waals surface area (Å²) in [5.74, 6) is 0. The molecular formula is C34H22N2O2. The number of benzene rings is 6. The molecule has 7 aromatic rings. The first-order valence-electron chi connectivity index (χ1n) is 12.6. The normalized spacial score (nSPS) is 11.4. The first-order chi connectivity index (χ1) is 18.7. The summed E-state index contributed by atoms with van der Waals surface area (Å²) in [6.45, 7) is 0. The largest absolute Gasteiger partial charge is 0.309 e. The van der Waals surface area contributed by atoms with Gasteiger partial charge in [-0.1, -0.05) is 97.1 Å². The summed E-state index contributed by atoms with van der Waals surface area (Å²) in [7, 11) is 0. The van der Waals surface area contributed by atoms with Crippen molar-refractivity contribution in [2.24, 2.45) is 0 Å². The molecule has 0 aliphatic heterocycles. The molecule has 0 radical (unpaired) electrons. The Morgan fingerprint density at radius 1 is 0.553 bits per heavy atom. The number of nitro benzene ring substituents is 1. The van der Waals surface area contributed by atoms with E-state index in [4.69, 9.17) is 0 Å². The van der Waals surface area contributed by atoms with Crippen molar-refractivity contribution < 1.29 is 4.92 Å². The fourth-order valence-corrected chi connectivity index (χ4v) is 5.63. The van der Waals surface area contributed by atoms with Gasteiger partial charge in [0.1, 0.15) is 0 Å². The van der Waals surface area contributed by atoms with Gasteiger partial charge in [0.25, 0.3) is 5.69 Å². The number of rotatable bonds is 4. The van der Waals surface area contributed by atoms with Crippen molar-refractivity contribution in [3.63, 3.8) is 0 Å². The fraction of sp³-hybridized carbons (Fsp3) is 0. The molecule has 0 atom stereocenters. The Bertz CT molecular complexity index is 1990. The van der Waals surface area contributed by atoms with Crippen LogP contribution in [0, 0.1) is 10.1 Å². The van der Waals surface area contributed by atoms with Gasteiger partial charge in [0.15, 0.2) is 0 Å². The van der Waals surface area contributed by atoms with Crippen LogP contribution in [0.15, 0.2) is 133 Å². The van der Waals surface area contributed by atoms with E-state index in [1.54, 1.807) is 6.07 Å². The van der Waals surface area contributed by atoms with Gasteiger partial charge < -0.3 is 4.57 Å². The Hall–Kier alpha value is -5.22. The van der Waals surface area contributed by atoms with Crippen LogP contribution in [0.2, 0.25) is 0 Å². The number of nitrogens with zero attached hydrogens (tertiary/aromatic N) is 2. The standard InChI is InChI=1S/C34H22N2O2/c37-36(38)32-22-19-25-11-4-5-12-27(25)33(32)29-14-8-16-31-34(29)28-13-6-7-15-30(28)35(31)26-20-17-24(18-21-26)23-9-2-1-3-10-23/h1-22H. The Kier molecular flexibility index (Phi) is 5.05. The van der Waals surface area contributed by atoms with E-state index >= 15 is 0 Å². The third kappa shape index (κ3) is 3.39. The van der Waals surface area contributed by atoms with Crippen molar-refractivity contribution >= 4 is 38.3 Å². The zero-order valence-corrected chi connectivity index (χ0v) is 20.4. The van der Waals surface area contributed by atoms with Crippen LogP contribution in [-0.4, -0.2) is 9.49 Å². The third-order valence-electron chi connectivity index (χ3n) is 7.30. The van der Waals surface area contributed by atoms with Gasteiger partial charge in [-0.05, 0) is 57.8 Å². The van der Waals surface area contributed by atoms with Crippen LogP contribution in [0.25, 0.3) is 60.5 Å². The molecule has 4 nitrogen and oxygen atoms in total. The predicted molar refractivity (Wildman–Crippen MR) is 156 cm³/mol. The molecule has 0 bridgehead atoms. The minimum absolute atomic E-state index is 0.111. The molecule has 0 saturated heterocycles. The van der Waals surface area contributed by atoms with Crippen LogP contribution in [0.5, 0.6) is 0 Å². The number of aromatic nitrogens is 1. The second kappa shape index (κ2) is 8.71. The first kappa shape index (κ1) is 22.0. The Morgan fingerprint density at radius 2 is 1.21 bits per heavy atom. The SMILES string of the molecule is O=[N+]([O-])c1ccc2ccccc2c1-c1cccc2c1c1ccccc1n2-c1ccc(-c2ccccc2)cc1. The van der Waals surface area contributed by atoms with Crippen LogP contribution < -0.4 is 0 Å². The lowest BCUT2D eigenvalue weighted by Gasteiger charge is -2.11. The number of hydrogen-bond donors (Lipinski definition) is 0. The predicted octanol–water partition coefficient (Wildman–Crippen LogP) is 9.18. The molecule has 6 aromatic carbocycles. The van der Waals surface area contributed by atoms with Gasteiger partial charge in [-0.15, -0.1) is 0 Å². The smallest absolute Gasteiger partial charge is 0.277 e. The van der Waals surface area contributed by atoms with Gasteiger partial charge in [-0.2, -0.15) is 0 Å². The highest BCUT2D eigenvalue weighted by molar-refractivity contribution is 6.19. The maximum absolute atomic E-state index is 12.2. The lowest BCUT2D eigenvalue weighted by molar-refractivity contribution is -0.384. The summed E-state index contributed by atoms with van der Waals surface area (Å²) >= 11 is 0. The van der Waals surface area contributed by atoms with Gasteiger partial charge in [-0.3, -0.25) is 10.1 Å². The minimum atomic E-state index is -0.276. The van der Waals surface area contributed by atoms with Crippen LogP contribution in [0.4, 0.5) is 5.69 Å². The second-order valence-corrected chi connectivity index (χ2v) is 9.40. The molecule has 38 heavy (non-hydrogen) atoms. The topological polar surface area (TPSA) is 48.1 Å². The Balaban J connectivity index is 1.53. The number of fused-ring (bicyclic) bond motifs is 4. The van der Waals surface area contributed by atoms with E-state index in [1.807, 2.05) is 72.8 Å². The van der Waals surface area contributed by atoms with Crippen molar-refractivity contribution in [3.05, 3.63) is 144 Å². The summed E-state index contributed by atoms with van der Waals surface area (Å²) in [5.41, 5.74) is 7.07. The van der Waals surface area contributed by atoms with Crippen molar-refractivity contribution in [2.45, 2.75) is 0 Å². The Morgan fingerprint density at radius 3 is 2.00 bits per heavy atom. The third-order valence-corrected chi connectivity index (χ3v) is 7.30. The number of nitro groups is 1. The van der Waals surface area contributed by atoms with Gasteiger partial charge in [-0.25, -0.2) is 0 Å². The molecular weight excluding hydrogens is 468 g/mol. The summed E-state index contributed by atoms with van der Waals surface area (Å²) in [6.07, 6.45) is 0. The van der Waals surface area contributed by atoms with Crippen LogP contribution in [0.1, 0.15) is 0 Å². The van der Waals surface area contributed by atoms with E-state index in [1.165, 1.54) is 5.56 Å². The lowest BCUT2D eigenvalue weighted by Crippen LogP contribution is -1.95. The minimum Gasteiger partial charge on any atom is -0.309 e. The van der Waals surface area contributed by atoms with E-state index < -0.39 is 0 Å². The molecule has 0 spiro atoms. The average Bonchev–Trinajstić information content (AvgIpc) is 3.32. The molecule has 1 aromatic heterocycles. The molecule has 0 unspecified atom stereocenters. The maximum atomic E-state index is 12.2. The van der Waals surface area contributed by atoms with Gasteiger partial charge in [0.2, 0.25) is 0 Å². The highest BCUT2D eigenvalue weighted by Crippen LogP contribution is 2.44. The monoisotopic (exact) mass is 490 g/mol. The quantitative estimate of drug-likeness (QED) is 0.182. The molecule has 1 heterocycles. The summed E-state index contributed by atoms with van der Waals surface area (Å²) in [5, 5.41) is 16.1. The molecule has 0 fully saturated rings. The van der Waals surface area contributed by atoms with E-state index in [-0.39, 0.29) is 10.6 Å². The van der Waals surface area contributed by atoms with Crippen LogP contribution >= 0.6 is 0 Å². The van der Waals surface area contributed by atoms with Crippen LogP contribution in [0.3, 0.4) is 0 Å². The molecule has 180 valence electrons. The Labute approximate surface area is 219 Å². The van der Waals surface area contributed by atoms with E-state index in [0.717, 1.165) is 49.4 Å². The zero-order chi connectivity index (χ0) is 25.6. The molecule has 0 aliphatic carbocycles. The molecule has 0 aliphatic rings. The number of hydrogen-bond acceptors (Lipinski definition) is 2.